The second kappa shape index (κ2) is 6.26. The molecular weight excluding hydrogens is 356 g/mol. The summed E-state index contributed by atoms with van der Waals surface area (Å²) in [6.07, 6.45) is 1.70. The maximum atomic E-state index is 12.1. The van der Waals surface area contributed by atoms with Gasteiger partial charge in [0.2, 0.25) is 0 Å². The van der Waals surface area contributed by atoms with Crippen molar-refractivity contribution in [2.75, 3.05) is 5.32 Å². The molecule has 5 nitrogen and oxygen atoms in total. The Hall–Kier alpha value is -2.60. The summed E-state index contributed by atoms with van der Waals surface area (Å²) in [5.74, 6) is -0.0752. The van der Waals surface area contributed by atoms with Crippen LogP contribution in [0.15, 0.2) is 53.1 Å². The number of hydrogen-bond acceptors (Lipinski definition) is 3. The first-order valence-electron chi connectivity index (χ1n) is 7.03. The molecule has 0 aliphatic carbocycles. The number of fused-ring (bicyclic) bond motifs is 1. The third-order valence-electron chi connectivity index (χ3n) is 3.62. The minimum atomic E-state index is -0.104. The van der Waals surface area contributed by atoms with Gasteiger partial charge in [-0.3, -0.25) is 10.2 Å². The third-order valence-corrected chi connectivity index (χ3v) is 4.11. The normalized spacial score (nSPS) is 15.0. The number of carbonyl (C=O) groups excluding carboxylic acids is 1. The molecule has 0 aromatic heterocycles. The highest BCUT2D eigenvalue weighted by molar-refractivity contribution is 9.10. The van der Waals surface area contributed by atoms with Crippen molar-refractivity contribution in [3.8, 4) is 0 Å². The Bertz CT molecular complexity index is 812. The molecule has 0 bridgehead atoms. The van der Waals surface area contributed by atoms with E-state index in [4.69, 9.17) is 11.1 Å². The number of nitrogens with one attached hydrogen (secondary N) is 3. The van der Waals surface area contributed by atoms with Gasteiger partial charge < -0.3 is 16.4 Å². The lowest BCUT2D eigenvalue weighted by Gasteiger charge is -2.20. The molecule has 1 amide bonds. The monoisotopic (exact) mass is 370 g/mol. The van der Waals surface area contributed by atoms with E-state index in [1.807, 2.05) is 30.3 Å². The van der Waals surface area contributed by atoms with Crippen LogP contribution in [-0.2, 0) is 11.3 Å². The van der Waals surface area contributed by atoms with Crippen LogP contribution in [0.3, 0.4) is 0 Å². The number of benzene rings is 2. The summed E-state index contributed by atoms with van der Waals surface area (Å²) < 4.78 is 0.986. The number of rotatable bonds is 3. The van der Waals surface area contributed by atoms with Gasteiger partial charge in [0.25, 0.3) is 5.91 Å². The molecule has 1 heterocycles. The zero-order chi connectivity index (χ0) is 16.4. The fourth-order valence-corrected chi connectivity index (χ4v) is 2.82. The molecular formula is C17H15BrN4O. The van der Waals surface area contributed by atoms with Crippen molar-refractivity contribution in [1.29, 1.82) is 5.41 Å². The van der Waals surface area contributed by atoms with Crippen LogP contribution in [0, 0.1) is 5.41 Å². The van der Waals surface area contributed by atoms with Crippen LogP contribution in [0.25, 0.3) is 5.57 Å². The summed E-state index contributed by atoms with van der Waals surface area (Å²) in [5, 5.41) is 13.4. The van der Waals surface area contributed by atoms with Crippen LogP contribution in [0.5, 0.6) is 0 Å². The molecule has 0 atom stereocenters. The summed E-state index contributed by atoms with van der Waals surface area (Å²) in [4.78, 5) is 12.1. The number of carbonyl (C=O) groups is 1. The van der Waals surface area contributed by atoms with E-state index in [1.54, 1.807) is 18.3 Å². The highest BCUT2D eigenvalue weighted by Crippen LogP contribution is 2.27. The number of nitrogens with two attached hydrogens (primary N) is 1. The van der Waals surface area contributed by atoms with Gasteiger partial charge in [-0.1, -0.05) is 22.0 Å². The second-order valence-corrected chi connectivity index (χ2v) is 6.09. The standard InChI is InChI=1S/C17H15BrN4O/c18-12-3-6-14-11(7-12)8-22-17(23)15(14)9-21-13-4-1-10(2-5-13)16(19)20/h1-7,9,21H,8H2,(H3,19,20)(H,22,23)/b15-9-. The summed E-state index contributed by atoms with van der Waals surface area (Å²) in [5.41, 5.74) is 9.49. The quantitative estimate of drug-likeness (QED) is 0.380. The molecule has 0 spiro atoms. The van der Waals surface area contributed by atoms with Gasteiger partial charge in [-0.25, -0.2) is 0 Å². The maximum absolute atomic E-state index is 12.1. The molecule has 1 aliphatic rings. The van der Waals surface area contributed by atoms with Crippen LogP contribution in [-0.4, -0.2) is 11.7 Å². The molecule has 6 heteroatoms. The van der Waals surface area contributed by atoms with E-state index < -0.39 is 0 Å². The molecule has 0 unspecified atom stereocenters. The van der Waals surface area contributed by atoms with Gasteiger partial charge in [-0.15, -0.1) is 0 Å². The molecule has 23 heavy (non-hydrogen) atoms. The molecule has 3 rings (SSSR count). The first-order chi connectivity index (χ1) is 11.0. The lowest BCUT2D eigenvalue weighted by atomic mass is 9.96. The Kier molecular flexibility index (Phi) is 4.16. The first-order valence-corrected chi connectivity index (χ1v) is 7.82. The first kappa shape index (κ1) is 15.3. The van der Waals surface area contributed by atoms with Gasteiger partial charge >= 0.3 is 0 Å². The van der Waals surface area contributed by atoms with Crippen LogP contribution < -0.4 is 16.4 Å². The molecule has 1 aliphatic heterocycles. The number of amidine groups is 1. The molecule has 0 fully saturated rings. The summed E-state index contributed by atoms with van der Waals surface area (Å²) in [7, 11) is 0. The third kappa shape index (κ3) is 3.27. The average molecular weight is 371 g/mol. The molecule has 0 saturated carbocycles. The van der Waals surface area contributed by atoms with E-state index in [0.717, 1.165) is 21.3 Å². The SMILES string of the molecule is N=C(N)c1ccc(N/C=C2\C(=O)NCc3cc(Br)ccc32)cc1. The average Bonchev–Trinajstić information content (AvgIpc) is 2.54. The predicted octanol–water partition coefficient (Wildman–Crippen LogP) is 2.82. The Morgan fingerprint density at radius 1 is 1.26 bits per heavy atom. The Morgan fingerprint density at radius 3 is 2.70 bits per heavy atom. The minimum Gasteiger partial charge on any atom is -0.384 e. The van der Waals surface area contributed by atoms with Crippen LogP contribution in [0.2, 0.25) is 0 Å². The number of hydrogen-bond donors (Lipinski definition) is 4. The summed E-state index contributed by atoms with van der Waals surface area (Å²) >= 11 is 3.44. The van der Waals surface area contributed by atoms with E-state index in [9.17, 15) is 4.79 Å². The number of amides is 1. The van der Waals surface area contributed by atoms with E-state index >= 15 is 0 Å². The van der Waals surface area contributed by atoms with Crippen molar-refractivity contribution in [1.82, 2.24) is 5.32 Å². The van der Waals surface area contributed by atoms with Crippen molar-refractivity contribution >= 4 is 38.9 Å². The maximum Gasteiger partial charge on any atom is 0.253 e. The van der Waals surface area contributed by atoms with Crippen molar-refractivity contribution in [2.45, 2.75) is 6.54 Å². The van der Waals surface area contributed by atoms with Gasteiger partial charge in [0.05, 0.1) is 5.57 Å². The van der Waals surface area contributed by atoms with Crippen molar-refractivity contribution in [2.24, 2.45) is 5.73 Å². The molecule has 2 aromatic carbocycles. The van der Waals surface area contributed by atoms with Gasteiger partial charge in [-0.2, -0.15) is 0 Å². The van der Waals surface area contributed by atoms with Gasteiger partial charge in [0, 0.05) is 28.5 Å². The van der Waals surface area contributed by atoms with E-state index in [-0.39, 0.29) is 11.7 Å². The van der Waals surface area contributed by atoms with Crippen LogP contribution in [0.1, 0.15) is 16.7 Å². The Morgan fingerprint density at radius 2 is 2.00 bits per heavy atom. The van der Waals surface area contributed by atoms with Crippen molar-refractivity contribution < 1.29 is 4.79 Å². The topological polar surface area (TPSA) is 91.0 Å². The van der Waals surface area contributed by atoms with E-state index in [0.29, 0.717) is 17.7 Å². The van der Waals surface area contributed by atoms with Crippen LogP contribution in [0.4, 0.5) is 5.69 Å². The van der Waals surface area contributed by atoms with Gasteiger partial charge in [0.15, 0.2) is 0 Å². The minimum absolute atomic E-state index is 0.0288. The lowest BCUT2D eigenvalue weighted by Crippen LogP contribution is -2.29. The molecule has 2 aromatic rings. The van der Waals surface area contributed by atoms with Gasteiger partial charge in [-0.05, 0) is 47.5 Å². The van der Waals surface area contributed by atoms with E-state index in [2.05, 4.69) is 26.6 Å². The largest absolute Gasteiger partial charge is 0.384 e. The molecule has 116 valence electrons. The summed E-state index contributed by atoms with van der Waals surface area (Å²) in [6.45, 7) is 0.526. The lowest BCUT2D eigenvalue weighted by molar-refractivity contribution is -0.116. The highest BCUT2D eigenvalue weighted by Gasteiger charge is 2.20. The van der Waals surface area contributed by atoms with Crippen molar-refractivity contribution in [3.05, 3.63) is 69.8 Å². The summed E-state index contributed by atoms with van der Waals surface area (Å²) in [6, 6.07) is 13.0. The smallest absolute Gasteiger partial charge is 0.253 e. The molecule has 5 N–H and O–H groups in total. The zero-order valence-corrected chi connectivity index (χ0v) is 13.8. The molecule has 0 saturated heterocycles. The predicted molar refractivity (Wildman–Crippen MR) is 95.0 cm³/mol. The van der Waals surface area contributed by atoms with Gasteiger partial charge in [0.1, 0.15) is 5.84 Å². The second-order valence-electron chi connectivity index (χ2n) is 5.18. The highest BCUT2D eigenvalue weighted by atomic mass is 79.9. The fourth-order valence-electron chi connectivity index (χ4n) is 2.41. The number of anilines is 1. The van der Waals surface area contributed by atoms with Crippen LogP contribution >= 0.6 is 15.9 Å². The Balaban J connectivity index is 1.87. The number of halogens is 1. The van der Waals surface area contributed by atoms with E-state index in [1.165, 1.54) is 0 Å². The van der Waals surface area contributed by atoms with Crippen molar-refractivity contribution in [3.63, 3.8) is 0 Å². The zero-order valence-electron chi connectivity index (χ0n) is 12.2. The molecule has 0 radical (unpaired) electrons. The Labute approximate surface area is 142 Å². The fraction of sp³-hybridized carbons (Fsp3) is 0.0588. The number of nitrogen functional groups attached to an aromatic ring is 1.